The van der Waals surface area contributed by atoms with Gasteiger partial charge in [0.25, 0.3) is 0 Å². The first-order chi connectivity index (χ1) is 16.6. The second-order valence-corrected chi connectivity index (χ2v) is 8.34. The van der Waals surface area contributed by atoms with E-state index in [0.29, 0.717) is 6.54 Å². The van der Waals surface area contributed by atoms with Crippen LogP contribution in [-0.2, 0) is 17.8 Å². The van der Waals surface area contributed by atoms with Gasteiger partial charge in [-0.1, -0.05) is 72.8 Å². The first-order valence-electron chi connectivity index (χ1n) is 11.2. The summed E-state index contributed by atoms with van der Waals surface area (Å²) in [7, 11) is 0. The van der Waals surface area contributed by atoms with Crippen LogP contribution in [0.25, 0.3) is 21.7 Å². The number of benzene rings is 4. The molecule has 0 aliphatic heterocycles. The van der Waals surface area contributed by atoms with E-state index < -0.39 is 0 Å². The van der Waals surface area contributed by atoms with Gasteiger partial charge in [-0.2, -0.15) is 5.10 Å². The summed E-state index contributed by atoms with van der Waals surface area (Å²) in [4.78, 5) is 12.6. The van der Waals surface area contributed by atoms with Gasteiger partial charge in [0.15, 0.2) is 0 Å². The number of carbonyl (C=O) groups excluding carboxylic acids is 1. The van der Waals surface area contributed by atoms with Crippen LogP contribution in [0, 0.1) is 12.7 Å². The topological polar surface area (TPSA) is 46.4 Å². The average Bonchev–Trinajstić information content (AvgIpc) is 3.12. The van der Waals surface area contributed by atoms with Gasteiger partial charge in [0.1, 0.15) is 5.82 Å². The molecule has 5 aromatic rings. The number of halogens is 1. The molecule has 0 saturated carbocycles. The van der Waals surface area contributed by atoms with Crippen LogP contribution in [0.1, 0.15) is 22.4 Å². The Morgan fingerprint density at radius 3 is 2.44 bits per heavy atom. The van der Waals surface area contributed by atoms with Gasteiger partial charge >= 0.3 is 0 Å². The molecule has 1 aromatic heterocycles. The number of rotatable bonds is 6. The molecule has 0 unspecified atom stereocenters. The van der Waals surface area contributed by atoms with Crippen LogP contribution >= 0.6 is 0 Å². The van der Waals surface area contributed by atoms with E-state index in [9.17, 15) is 9.18 Å². The smallest absolute Gasteiger partial charge is 0.244 e. The number of nitrogens with zero attached hydrogens (tertiary/aromatic N) is 2. The minimum absolute atomic E-state index is 0.166. The zero-order chi connectivity index (χ0) is 23.5. The lowest BCUT2D eigenvalue weighted by Crippen LogP contribution is -2.20. The molecule has 1 heterocycles. The summed E-state index contributed by atoms with van der Waals surface area (Å²) in [6.45, 7) is 2.65. The first-order valence-corrected chi connectivity index (χ1v) is 11.2. The monoisotopic (exact) mass is 449 g/mol. The van der Waals surface area contributed by atoms with E-state index in [0.717, 1.165) is 44.1 Å². The lowest BCUT2D eigenvalue weighted by molar-refractivity contribution is -0.120. The van der Waals surface area contributed by atoms with Gasteiger partial charge in [0.2, 0.25) is 5.91 Å². The molecule has 0 atom stereocenters. The van der Waals surface area contributed by atoms with Crippen molar-refractivity contribution in [2.75, 3.05) is 0 Å². The number of hydrogen-bond acceptors (Lipinski definition) is 2. The highest BCUT2D eigenvalue weighted by Crippen LogP contribution is 2.26. The van der Waals surface area contributed by atoms with E-state index >= 15 is 0 Å². The van der Waals surface area contributed by atoms with Crippen molar-refractivity contribution >= 4 is 33.8 Å². The molecular formula is C29H24FN3O. The Hall–Kier alpha value is -4.25. The van der Waals surface area contributed by atoms with Crippen LogP contribution in [0.2, 0.25) is 0 Å². The average molecular weight is 450 g/mol. The van der Waals surface area contributed by atoms with Crippen molar-refractivity contribution in [1.82, 2.24) is 9.99 Å². The number of para-hydroxylation sites is 1. The number of hydrogen-bond donors (Lipinski definition) is 1. The molecule has 5 heteroatoms. The Kier molecular flexibility index (Phi) is 5.91. The lowest BCUT2D eigenvalue weighted by atomic mass is 10.0. The molecule has 4 aromatic carbocycles. The maximum Gasteiger partial charge on any atom is 0.244 e. The summed E-state index contributed by atoms with van der Waals surface area (Å²) in [6.07, 6.45) is 1.96. The first kappa shape index (κ1) is 21.6. The van der Waals surface area contributed by atoms with Crippen molar-refractivity contribution in [1.29, 1.82) is 0 Å². The molecule has 0 saturated heterocycles. The van der Waals surface area contributed by atoms with Gasteiger partial charge in [-0.05, 0) is 47.0 Å². The largest absolute Gasteiger partial charge is 0.340 e. The lowest BCUT2D eigenvalue weighted by Gasteiger charge is -2.09. The van der Waals surface area contributed by atoms with Gasteiger partial charge in [-0.25, -0.2) is 9.82 Å². The predicted octanol–water partition coefficient (Wildman–Crippen LogP) is 5.98. The number of nitrogens with one attached hydrogen (secondary N) is 1. The van der Waals surface area contributed by atoms with Crippen LogP contribution in [0.15, 0.2) is 96.1 Å². The molecule has 0 fully saturated rings. The van der Waals surface area contributed by atoms with Gasteiger partial charge in [0.05, 0.1) is 12.6 Å². The van der Waals surface area contributed by atoms with Crippen molar-refractivity contribution in [3.05, 3.63) is 119 Å². The Labute approximate surface area is 197 Å². The molecule has 0 aliphatic rings. The van der Waals surface area contributed by atoms with Crippen molar-refractivity contribution in [2.45, 2.75) is 19.9 Å². The van der Waals surface area contributed by atoms with Crippen molar-refractivity contribution in [3.8, 4) is 0 Å². The zero-order valence-corrected chi connectivity index (χ0v) is 18.8. The van der Waals surface area contributed by atoms with Crippen LogP contribution in [-0.4, -0.2) is 16.7 Å². The predicted molar refractivity (Wildman–Crippen MR) is 136 cm³/mol. The molecule has 4 nitrogen and oxygen atoms in total. The second-order valence-electron chi connectivity index (χ2n) is 8.34. The summed E-state index contributed by atoms with van der Waals surface area (Å²) in [5.41, 5.74) is 7.70. The number of hydrazone groups is 1. The molecule has 1 amide bonds. The van der Waals surface area contributed by atoms with Crippen molar-refractivity contribution in [3.63, 3.8) is 0 Å². The molecule has 1 N–H and O–H groups in total. The van der Waals surface area contributed by atoms with Gasteiger partial charge in [0, 0.05) is 28.7 Å². The van der Waals surface area contributed by atoms with Crippen molar-refractivity contribution in [2.24, 2.45) is 5.10 Å². The summed E-state index contributed by atoms with van der Waals surface area (Å²) >= 11 is 0. The Bertz CT molecular complexity index is 1510. The van der Waals surface area contributed by atoms with Gasteiger partial charge in [-0.3, -0.25) is 4.79 Å². The molecule has 5 rings (SSSR count). The number of fused-ring (bicyclic) bond motifs is 2. The SMILES string of the molecule is Cc1c(/C=N\NC(=O)Cc2cccc3ccccc23)c2ccccc2n1Cc1ccc(F)cc1. The quantitative estimate of drug-likeness (QED) is 0.251. The summed E-state index contributed by atoms with van der Waals surface area (Å²) in [5.74, 6) is -0.412. The maximum atomic E-state index is 13.3. The Morgan fingerprint density at radius 2 is 1.62 bits per heavy atom. The highest BCUT2D eigenvalue weighted by molar-refractivity contribution is 6.01. The number of amides is 1. The highest BCUT2D eigenvalue weighted by atomic mass is 19.1. The fraction of sp³-hybridized carbons (Fsp3) is 0.103. The van der Waals surface area contributed by atoms with E-state index in [4.69, 9.17) is 0 Å². The van der Waals surface area contributed by atoms with E-state index in [1.807, 2.05) is 67.6 Å². The van der Waals surface area contributed by atoms with E-state index in [1.165, 1.54) is 12.1 Å². The third kappa shape index (κ3) is 4.33. The number of carbonyl (C=O) groups is 1. The van der Waals surface area contributed by atoms with Gasteiger partial charge in [-0.15, -0.1) is 0 Å². The molecule has 0 bridgehead atoms. The third-order valence-corrected chi connectivity index (χ3v) is 6.15. The maximum absolute atomic E-state index is 13.3. The second kappa shape index (κ2) is 9.32. The fourth-order valence-electron chi connectivity index (χ4n) is 4.42. The minimum Gasteiger partial charge on any atom is -0.340 e. The van der Waals surface area contributed by atoms with Crippen LogP contribution in [0.3, 0.4) is 0 Å². The Morgan fingerprint density at radius 1 is 0.912 bits per heavy atom. The summed E-state index contributed by atoms with van der Waals surface area (Å²) < 4.78 is 15.5. The molecule has 0 radical (unpaired) electrons. The highest BCUT2D eigenvalue weighted by Gasteiger charge is 2.13. The zero-order valence-electron chi connectivity index (χ0n) is 18.8. The fourth-order valence-corrected chi connectivity index (χ4v) is 4.42. The van der Waals surface area contributed by atoms with Crippen LogP contribution < -0.4 is 5.43 Å². The van der Waals surface area contributed by atoms with Gasteiger partial charge < -0.3 is 4.57 Å². The van der Waals surface area contributed by atoms with E-state index in [-0.39, 0.29) is 18.1 Å². The van der Waals surface area contributed by atoms with Crippen LogP contribution in [0.4, 0.5) is 4.39 Å². The van der Waals surface area contributed by atoms with Crippen molar-refractivity contribution < 1.29 is 9.18 Å². The molecule has 168 valence electrons. The summed E-state index contributed by atoms with van der Waals surface area (Å²) in [6, 6.07) is 28.6. The number of aromatic nitrogens is 1. The molecular weight excluding hydrogens is 425 g/mol. The molecule has 34 heavy (non-hydrogen) atoms. The standard InChI is InChI=1S/C29H24FN3O/c1-20-27(18-31-32-29(34)17-23-9-6-8-22-7-2-3-10-25(22)23)26-11-4-5-12-28(26)33(20)19-21-13-15-24(30)16-14-21/h2-16,18H,17,19H2,1H3,(H,32,34)/b31-18-. The normalized spacial score (nSPS) is 11.5. The van der Waals surface area contributed by atoms with E-state index in [1.54, 1.807) is 18.3 Å². The van der Waals surface area contributed by atoms with Crippen LogP contribution in [0.5, 0.6) is 0 Å². The minimum atomic E-state index is -0.245. The third-order valence-electron chi connectivity index (χ3n) is 6.15. The Balaban J connectivity index is 1.37. The summed E-state index contributed by atoms with van der Waals surface area (Å²) in [5, 5.41) is 7.51. The molecule has 0 spiro atoms. The van der Waals surface area contributed by atoms with E-state index in [2.05, 4.69) is 21.2 Å². The molecule has 0 aliphatic carbocycles.